The Morgan fingerprint density at radius 2 is 2.00 bits per heavy atom. The average Bonchev–Trinajstić information content (AvgIpc) is 2.98. The van der Waals surface area contributed by atoms with E-state index < -0.39 is 15.8 Å². The van der Waals surface area contributed by atoms with E-state index in [1.807, 2.05) is 0 Å². The van der Waals surface area contributed by atoms with Gasteiger partial charge in [0, 0.05) is 17.0 Å². The van der Waals surface area contributed by atoms with Gasteiger partial charge in [0.1, 0.15) is 10.0 Å². The van der Waals surface area contributed by atoms with Crippen molar-refractivity contribution < 1.29 is 12.8 Å². The van der Waals surface area contributed by atoms with Gasteiger partial charge in [0.15, 0.2) is 0 Å². The summed E-state index contributed by atoms with van der Waals surface area (Å²) in [7, 11) is -3.82. The number of H-pyrrole nitrogens is 1. The molecule has 0 aliphatic heterocycles. The van der Waals surface area contributed by atoms with Crippen molar-refractivity contribution in [3.63, 3.8) is 0 Å². The lowest BCUT2D eigenvalue weighted by Crippen LogP contribution is -2.11. The summed E-state index contributed by atoms with van der Waals surface area (Å²) in [6.07, 6.45) is 0. The van der Waals surface area contributed by atoms with Crippen molar-refractivity contribution in [2.75, 3.05) is 4.72 Å². The first-order chi connectivity index (χ1) is 10.9. The van der Waals surface area contributed by atoms with Crippen LogP contribution < -0.4 is 10.3 Å². The highest BCUT2D eigenvalue weighted by molar-refractivity contribution is 7.94. The number of benzene rings is 1. The van der Waals surface area contributed by atoms with Gasteiger partial charge in [-0.2, -0.15) is 5.10 Å². The summed E-state index contributed by atoms with van der Waals surface area (Å²) in [5.74, 6) is -0.533. The minimum atomic E-state index is -3.82. The lowest BCUT2D eigenvalue weighted by atomic mass is 10.2. The van der Waals surface area contributed by atoms with E-state index >= 15 is 0 Å². The maximum Gasteiger partial charge on any atom is 0.271 e. The van der Waals surface area contributed by atoms with Gasteiger partial charge in [0.2, 0.25) is 0 Å². The van der Waals surface area contributed by atoms with Gasteiger partial charge in [-0.05, 0) is 30.3 Å². The van der Waals surface area contributed by atoms with Gasteiger partial charge in [0.25, 0.3) is 15.6 Å². The Kier molecular flexibility index (Phi) is 3.97. The molecule has 1 aromatic carbocycles. The second-order valence-electron chi connectivity index (χ2n) is 4.58. The predicted molar refractivity (Wildman–Crippen MR) is 85.4 cm³/mol. The fourth-order valence-corrected chi connectivity index (χ4v) is 4.08. The number of halogens is 1. The summed E-state index contributed by atoms with van der Waals surface area (Å²) < 4.78 is 40.1. The molecule has 6 nitrogen and oxygen atoms in total. The molecule has 3 rings (SSSR count). The Hall–Kier alpha value is -2.52. The van der Waals surface area contributed by atoms with E-state index in [1.54, 1.807) is 5.38 Å². The third kappa shape index (κ3) is 3.46. The Labute approximate surface area is 134 Å². The molecule has 0 saturated carbocycles. The topological polar surface area (TPSA) is 91.9 Å². The summed E-state index contributed by atoms with van der Waals surface area (Å²) in [6.45, 7) is 0. The number of aromatic amines is 1. The Bertz CT molecular complexity index is 991. The van der Waals surface area contributed by atoms with E-state index in [4.69, 9.17) is 0 Å². The maximum absolute atomic E-state index is 13.1. The third-order valence-electron chi connectivity index (χ3n) is 2.89. The molecule has 0 bridgehead atoms. The molecule has 2 aromatic heterocycles. The van der Waals surface area contributed by atoms with Crippen LogP contribution in [0.3, 0.4) is 0 Å². The van der Waals surface area contributed by atoms with Crippen LogP contribution in [0.4, 0.5) is 10.1 Å². The number of sulfonamides is 1. The van der Waals surface area contributed by atoms with E-state index in [1.165, 1.54) is 36.4 Å². The van der Waals surface area contributed by atoms with Crippen molar-refractivity contribution >= 4 is 27.0 Å². The second kappa shape index (κ2) is 5.94. The molecule has 0 fully saturated rings. The SMILES string of the molecule is O=c1ccc(-c2csc(S(=O)(=O)Nc3cccc(F)c3)c2)n[nH]1. The molecule has 23 heavy (non-hydrogen) atoms. The number of anilines is 1. The highest BCUT2D eigenvalue weighted by Gasteiger charge is 2.18. The van der Waals surface area contributed by atoms with Crippen molar-refractivity contribution in [2.24, 2.45) is 0 Å². The van der Waals surface area contributed by atoms with Crippen LogP contribution in [-0.4, -0.2) is 18.6 Å². The molecule has 2 heterocycles. The lowest BCUT2D eigenvalue weighted by molar-refractivity contribution is 0.603. The van der Waals surface area contributed by atoms with Crippen molar-refractivity contribution in [1.82, 2.24) is 10.2 Å². The van der Waals surface area contributed by atoms with Crippen LogP contribution in [0.5, 0.6) is 0 Å². The highest BCUT2D eigenvalue weighted by atomic mass is 32.2. The molecule has 118 valence electrons. The van der Waals surface area contributed by atoms with E-state index in [2.05, 4.69) is 14.9 Å². The Morgan fingerprint density at radius 3 is 2.70 bits per heavy atom. The molecule has 0 amide bonds. The number of aromatic nitrogens is 2. The van der Waals surface area contributed by atoms with E-state index in [9.17, 15) is 17.6 Å². The van der Waals surface area contributed by atoms with Crippen molar-refractivity contribution in [3.8, 4) is 11.3 Å². The molecule has 3 aromatic rings. The number of nitrogens with one attached hydrogen (secondary N) is 2. The summed E-state index contributed by atoms with van der Waals surface area (Å²) >= 11 is 1.00. The Balaban J connectivity index is 1.89. The largest absolute Gasteiger partial charge is 0.279 e. The first-order valence-electron chi connectivity index (χ1n) is 6.37. The van der Waals surface area contributed by atoms with Gasteiger partial charge >= 0.3 is 0 Å². The predicted octanol–water partition coefficient (Wildman–Crippen LogP) is 2.44. The van der Waals surface area contributed by atoms with Gasteiger partial charge in [-0.3, -0.25) is 9.52 Å². The standard InChI is InChI=1S/C14H10FN3O3S2/c15-10-2-1-3-11(7-10)18-23(20,21)14-6-9(8-22-14)12-4-5-13(19)17-16-12/h1-8,18H,(H,17,19). The maximum atomic E-state index is 13.1. The van der Waals surface area contributed by atoms with Crippen LogP contribution >= 0.6 is 11.3 Å². The van der Waals surface area contributed by atoms with Gasteiger partial charge in [-0.1, -0.05) is 6.07 Å². The molecule has 2 N–H and O–H groups in total. The van der Waals surface area contributed by atoms with E-state index in [-0.39, 0.29) is 15.5 Å². The molecule has 0 aliphatic rings. The van der Waals surface area contributed by atoms with Crippen molar-refractivity contribution in [2.45, 2.75) is 4.21 Å². The fourth-order valence-electron chi connectivity index (χ4n) is 1.85. The van der Waals surface area contributed by atoms with Crippen LogP contribution in [0.1, 0.15) is 0 Å². The molecule has 0 spiro atoms. The number of hydrogen-bond donors (Lipinski definition) is 2. The number of thiophene rings is 1. The summed E-state index contributed by atoms with van der Waals surface area (Å²) in [5, 5.41) is 7.74. The summed E-state index contributed by atoms with van der Waals surface area (Å²) in [5.41, 5.74) is 0.811. The monoisotopic (exact) mass is 351 g/mol. The zero-order chi connectivity index (χ0) is 16.4. The average molecular weight is 351 g/mol. The normalized spacial score (nSPS) is 11.3. The fraction of sp³-hybridized carbons (Fsp3) is 0. The second-order valence-corrected chi connectivity index (χ2v) is 7.40. The quantitative estimate of drug-likeness (QED) is 0.755. The molecule has 0 saturated heterocycles. The van der Waals surface area contributed by atoms with Crippen molar-refractivity contribution in [3.05, 3.63) is 64.0 Å². The van der Waals surface area contributed by atoms with E-state index in [0.29, 0.717) is 11.3 Å². The first-order valence-corrected chi connectivity index (χ1v) is 8.73. The molecule has 0 atom stereocenters. The van der Waals surface area contributed by atoms with Gasteiger partial charge in [0.05, 0.1) is 11.4 Å². The first kappa shape index (κ1) is 15.4. The van der Waals surface area contributed by atoms with Gasteiger partial charge in [-0.15, -0.1) is 11.3 Å². The van der Waals surface area contributed by atoms with Crippen molar-refractivity contribution in [1.29, 1.82) is 0 Å². The summed E-state index contributed by atoms with van der Waals surface area (Å²) in [4.78, 5) is 11.0. The van der Waals surface area contributed by atoms with E-state index in [0.717, 1.165) is 17.4 Å². The zero-order valence-corrected chi connectivity index (χ0v) is 13.1. The summed E-state index contributed by atoms with van der Waals surface area (Å²) in [6, 6.07) is 9.43. The minimum Gasteiger partial charge on any atom is -0.279 e. The molecular formula is C14H10FN3O3S2. The zero-order valence-electron chi connectivity index (χ0n) is 11.5. The van der Waals surface area contributed by atoms with Gasteiger partial charge < -0.3 is 0 Å². The minimum absolute atomic E-state index is 0.0600. The van der Waals surface area contributed by atoms with Crippen LogP contribution in [-0.2, 0) is 10.0 Å². The van der Waals surface area contributed by atoms with Crippen LogP contribution in [0.25, 0.3) is 11.3 Å². The smallest absolute Gasteiger partial charge is 0.271 e. The van der Waals surface area contributed by atoms with Crippen LogP contribution in [0, 0.1) is 5.82 Å². The highest BCUT2D eigenvalue weighted by Crippen LogP contribution is 2.28. The molecular weight excluding hydrogens is 341 g/mol. The lowest BCUT2D eigenvalue weighted by Gasteiger charge is -2.05. The van der Waals surface area contributed by atoms with Gasteiger partial charge in [-0.25, -0.2) is 17.9 Å². The number of rotatable bonds is 4. The molecule has 0 radical (unpaired) electrons. The number of nitrogens with zero attached hydrogens (tertiary/aromatic N) is 1. The number of hydrogen-bond acceptors (Lipinski definition) is 5. The molecule has 0 aliphatic carbocycles. The molecule has 0 unspecified atom stereocenters. The Morgan fingerprint density at radius 1 is 1.17 bits per heavy atom. The van der Waals surface area contributed by atoms with Crippen LogP contribution in [0.2, 0.25) is 0 Å². The third-order valence-corrected chi connectivity index (χ3v) is 5.71. The molecule has 9 heteroatoms. The van der Waals surface area contributed by atoms with Crippen LogP contribution in [0.15, 0.2) is 56.8 Å².